The Morgan fingerprint density at radius 3 is 2.77 bits per heavy atom. The zero-order chi connectivity index (χ0) is 9.52. The Morgan fingerprint density at radius 1 is 1.46 bits per heavy atom. The van der Waals surface area contributed by atoms with E-state index in [1.54, 1.807) is 0 Å². The molecule has 0 aromatic carbocycles. The van der Waals surface area contributed by atoms with E-state index in [1.807, 2.05) is 6.92 Å². The van der Waals surface area contributed by atoms with Crippen LogP contribution in [0, 0.1) is 0 Å². The third-order valence-corrected chi connectivity index (χ3v) is 2.30. The van der Waals surface area contributed by atoms with E-state index in [2.05, 4.69) is 5.32 Å². The zero-order valence-electron chi connectivity index (χ0n) is 8.34. The molecule has 0 saturated carbocycles. The molecule has 1 aliphatic rings. The number of Topliss-reactive ketones (excluding diaryl/α,β-unsaturated/α-hetero) is 1. The third kappa shape index (κ3) is 4.39. The molecule has 3 heteroatoms. The highest BCUT2D eigenvalue weighted by atomic mass is 16.5. The van der Waals surface area contributed by atoms with Crippen LogP contribution in [0.5, 0.6) is 0 Å². The lowest BCUT2D eigenvalue weighted by atomic mass is 10.1. The first kappa shape index (κ1) is 10.7. The molecule has 0 atom stereocenters. The Hall–Kier alpha value is -0.410. The molecule has 0 spiro atoms. The number of ketones is 1. The van der Waals surface area contributed by atoms with E-state index in [1.165, 1.54) is 0 Å². The second-order valence-corrected chi connectivity index (χ2v) is 3.55. The van der Waals surface area contributed by atoms with Crippen LogP contribution in [-0.2, 0) is 9.53 Å². The summed E-state index contributed by atoms with van der Waals surface area (Å²) < 4.78 is 5.51. The monoisotopic (exact) mass is 185 g/mol. The van der Waals surface area contributed by atoms with E-state index in [4.69, 9.17) is 4.74 Å². The molecule has 3 nitrogen and oxygen atoms in total. The molecule has 1 aliphatic heterocycles. The maximum absolute atomic E-state index is 11.1. The van der Waals surface area contributed by atoms with Crippen molar-refractivity contribution in [3.05, 3.63) is 0 Å². The molecule has 1 fully saturated rings. The number of ether oxygens (including phenoxy) is 1. The molecule has 0 unspecified atom stereocenters. The summed E-state index contributed by atoms with van der Waals surface area (Å²) in [5.41, 5.74) is 0. The summed E-state index contributed by atoms with van der Waals surface area (Å²) in [6.45, 7) is 4.38. The van der Waals surface area contributed by atoms with Crippen LogP contribution in [0.25, 0.3) is 0 Å². The van der Waals surface area contributed by atoms with Gasteiger partial charge in [0.1, 0.15) is 6.61 Å². The highest BCUT2D eigenvalue weighted by Gasteiger charge is 2.14. The van der Waals surface area contributed by atoms with E-state index in [0.29, 0.717) is 19.1 Å². The molecular weight excluding hydrogens is 166 g/mol. The maximum Gasteiger partial charge on any atom is 0.158 e. The SMILES string of the molecule is CCCC(=O)COC1CCNCC1. The van der Waals surface area contributed by atoms with Crippen LogP contribution in [0.15, 0.2) is 0 Å². The number of carbonyl (C=O) groups excluding carboxylic acids is 1. The van der Waals surface area contributed by atoms with Crippen molar-refractivity contribution >= 4 is 5.78 Å². The zero-order valence-corrected chi connectivity index (χ0v) is 8.34. The largest absolute Gasteiger partial charge is 0.370 e. The standard InChI is InChI=1S/C10H19NO2/c1-2-3-9(12)8-13-10-4-6-11-7-5-10/h10-11H,2-8H2,1H3. The van der Waals surface area contributed by atoms with Gasteiger partial charge in [0.25, 0.3) is 0 Å². The summed E-state index contributed by atoms with van der Waals surface area (Å²) in [6, 6.07) is 0. The number of carbonyl (C=O) groups is 1. The smallest absolute Gasteiger partial charge is 0.158 e. The topological polar surface area (TPSA) is 38.3 Å². The van der Waals surface area contributed by atoms with Crippen LogP contribution in [0.4, 0.5) is 0 Å². The van der Waals surface area contributed by atoms with Gasteiger partial charge in [-0.1, -0.05) is 6.92 Å². The van der Waals surface area contributed by atoms with Crippen molar-refractivity contribution in [2.24, 2.45) is 0 Å². The highest BCUT2D eigenvalue weighted by molar-refractivity contribution is 5.79. The molecule has 0 aromatic heterocycles. The average Bonchev–Trinajstić information content (AvgIpc) is 2.17. The molecule has 0 amide bonds. The quantitative estimate of drug-likeness (QED) is 0.697. The molecule has 0 radical (unpaired) electrons. The molecular formula is C10H19NO2. The summed E-state index contributed by atoms with van der Waals surface area (Å²) in [5, 5.41) is 3.26. The van der Waals surface area contributed by atoms with Crippen LogP contribution in [0.3, 0.4) is 0 Å². The summed E-state index contributed by atoms with van der Waals surface area (Å²) in [4.78, 5) is 11.1. The summed E-state index contributed by atoms with van der Waals surface area (Å²) in [6.07, 6.45) is 3.97. The van der Waals surface area contributed by atoms with Crippen molar-refractivity contribution in [3.8, 4) is 0 Å². The molecule has 1 N–H and O–H groups in total. The van der Waals surface area contributed by atoms with Crippen molar-refractivity contribution in [2.75, 3.05) is 19.7 Å². The third-order valence-electron chi connectivity index (χ3n) is 2.30. The highest BCUT2D eigenvalue weighted by Crippen LogP contribution is 2.07. The van der Waals surface area contributed by atoms with Gasteiger partial charge in [0.15, 0.2) is 5.78 Å². The summed E-state index contributed by atoms with van der Waals surface area (Å²) >= 11 is 0. The van der Waals surface area contributed by atoms with Crippen LogP contribution in [-0.4, -0.2) is 31.6 Å². The molecule has 76 valence electrons. The first-order valence-corrected chi connectivity index (χ1v) is 5.17. The van der Waals surface area contributed by atoms with Gasteiger partial charge in [-0.25, -0.2) is 0 Å². The van der Waals surface area contributed by atoms with E-state index in [9.17, 15) is 4.79 Å². The Bertz CT molecular complexity index is 153. The van der Waals surface area contributed by atoms with Crippen molar-refractivity contribution in [2.45, 2.75) is 38.7 Å². The van der Waals surface area contributed by atoms with Gasteiger partial charge in [-0.2, -0.15) is 0 Å². The van der Waals surface area contributed by atoms with Gasteiger partial charge in [-0.15, -0.1) is 0 Å². The van der Waals surface area contributed by atoms with Crippen molar-refractivity contribution < 1.29 is 9.53 Å². The van der Waals surface area contributed by atoms with Gasteiger partial charge < -0.3 is 10.1 Å². The van der Waals surface area contributed by atoms with Crippen molar-refractivity contribution in [1.29, 1.82) is 0 Å². The van der Waals surface area contributed by atoms with Gasteiger partial charge in [-0.3, -0.25) is 4.79 Å². The van der Waals surface area contributed by atoms with Gasteiger partial charge in [0.05, 0.1) is 6.10 Å². The number of rotatable bonds is 5. The first-order chi connectivity index (χ1) is 6.33. The Morgan fingerprint density at radius 2 is 2.15 bits per heavy atom. The Labute approximate surface area is 79.8 Å². The lowest BCUT2D eigenvalue weighted by Crippen LogP contribution is -2.33. The Kier molecular flexibility index (Phi) is 5.01. The normalized spacial score (nSPS) is 18.8. The van der Waals surface area contributed by atoms with E-state index >= 15 is 0 Å². The Balaban J connectivity index is 2.06. The number of hydrogen-bond acceptors (Lipinski definition) is 3. The van der Waals surface area contributed by atoms with Crippen LogP contribution >= 0.6 is 0 Å². The fourth-order valence-electron chi connectivity index (χ4n) is 1.52. The van der Waals surface area contributed by atoms with Gasteiger partial charge in [0.2, 0.25) is 0 Å². The maximum atomic E-state index is 11.1. The molecule has 1 rings (SSSR count). The molecule has 0 bridgehead atoms. The van der Waals surface area contributed by atoms with E-state index in [0.717, 1.165) is 32.4 Å². The molecule has 0 aliphatic carbocycles. The molecule has 13 heavy (non-hydrogen) atoms. The van der Waals surface area contributed by atoms with Crippen LogP contribution in [0.2, 0.25) is 0 Å². The lowest BCUT2D eigenvalue weighted by molar-refractivity contribution is -0.126. The fourth-order valence-corrected chi connectivity index (χ4v) is 1.52. The predicted molar refractivity (Wildman–Crippen MR) is 51.8 cm³/mol. The summed E-state index contributed by atoms with van der Waals surface area (Å²) in [7, 11) is 0. The summed E-state index contributed by atoms with van der Waals surface area (Å²) in [5.74, 6) is 0.237. The fraction of sp³-hybridized carbons (Fsp3) is 0.900. The second kappa shape index (κ2) is 6.11. The van der Waals surface area contributed by atoms with Crippen molar-refractivity contribution in [1.82, 2.24) is 5.32 Å². The number of hydrogen-bond donors (Lipinski definition) is 1. The number of piperidine rings is 1. The lowest BCUT2D eigenvalue weighted by Gasteiger charge is -2.22. The molecule has 1 saturated heterocycles. The van der Waals surface area contributed by atoms with Crippen LogP contribution in [0.1, 0.15) is 32.6 Å². The van der Waals surface area contributed by atoms with E-state index < -0.39 is 0 Å². The minimum Gasteiger partial charge on any atom is -0.370 e. The molecule has 1 heterocycles. The average molecular weight is 185 g/mol. The van der Waals surface area contributed by atoms with Crippen molar-refractivity contribution in [3.63, 3.8) is 0 Å². The predicted octanol–water partition coefficient (Wildman–Crippen LogP) is 1.12. The van der Waals surface area contributed by atoms with E-state index in [-0.39, 0.29) is 5.78 Å². The minimum absolute atomic E-state index is 0.237. The van der Waals surface area contributed by atoms with Gasteiger partial charge in [0, 0.05) is 6.42 Å². The first-order valence-electron chi connectivity index (χ1n) is 5.17. The number of nitrogens with one attached hydrogen (secondary N) is 1. The molecule has 0 aromatic rings. The van der Waals surface area contributed by atoms with Gasteiger partial charge in [-0.05, 0) is 32.4 Å². The minimum atomic E-state index is 0.237. The second-order valence-electron chi connectivity index (χ2n) is 3.55. The van der Waals surface area contributed by atoms with Gasteiger partial charge >= 0.3 is 0 Å². The van der Waals surface area contributed by atoms with Crippen LogP contribution < -0.4 is 5.32 Å².